The summed E-state index contributed by atoms with van der Waals surface area (Å²) in [5.41, 5.74) is 6.79. The van der Waals surface area contributed by atoms with Gasteiger partial charge in [-0.25, -0.2) is 8.42 Å². The zero-order valence-electron chi connectivity index (χ0n) is 17.2. The fourth-order valence-corrected chi connectivity index (χ4v) is 3.70. The Balaban J connectivity index is 1.97. The van der Waals surface area contributed by atoms with Gasteiger partial charge in [0.05, 0.1) is 10.9 Å². The Hall–Kier alpha value is -2.71. The average molecular weight is 418 g/mol. The number of benzene rings is 2. The van der Waals surface area contributed by atoms with Crippen molar-refractivity contribution in [1.82, 2.24) is 15.6 Å². The highest BCUT2D eigenvalue weighted by Gasteiger charge is 2.23. The lowest BCUT2D eigenvalue weighted by molar-refractivity contribution is -0.123. The Morgan fingerprint density at radius 2 is 1.45 bits per heavy atom. The van der Waals surface area contributed by atoms with Crippen molar-refractivity contribution < 1.29 is 18.0 Å². The smallest absolute Gasteiger partial charge is 0.269 e. The summed E-state index contributed by atoms with van der Waals surface area (Å²) in [6.07, 6.45) is 0. The molecule has 0 radical (unpaired) electrons. The number of rotatable bonds is 5. The minimum absolute atomic E-state index is 0.0637. The monoisotopic (exact) mass is 417 g/mol. The molecular formula is C21H27N3O4S. The summed E-state index contributed by atoms with van der Waals surface area (Å²) in [6, 6.07) is 12.2. The Morgan fingerprint density at radius 1 is 0.897 bits per heavy atom. The van der Waals surface area contributed by atoms with E-state index in [0.717, 1.165) is 11.1 Å². The molecule has 0 unspecified atom stereocenters. The molecule has 2 amide bonds. The van der Waals surface area contributed by atoms with Crippen molar-refractivity contribution in [3.8, 4) is 0 Å². The second-order valence-electron chi connectivity index (χ2n) is 7.93. The van der Waals surface area contributed by atoms with Crippen molar-refractivity contribution in [1.29, 1.82) is 0 Å². The zero-order valence-corrected chi connectivity index (χ0v) is 18.1. The second-order valence-corrected chi connectivity index (χ2v) is 9.64. The van der Waals surface area contributed by atoms with Gasteiger partial charge in [0.25, 0.3) is 11.8 Å². The summed E-state index contributed by atoms with van der Waals surface area (Å²) in [7, 11) is -3.89. The molecule has 2 rings (SSSR count). The van der Waals surface area contributed by atoms with Gasteiger partial charge in [0, 0.05) is 5.56 Å². The summed E-state index contributed by atoms with van der Waals surface area (Å²) in [5.74, 6) is -1.17. The molecule has 29 heavy (non-hydrogen) atoms. The van der Waals surface area contributed by atoms with Gasteiger partial charge < -0.3 is 0 Å². The van der Waals surface area contributed by atoms with E-state index in [-0.39, 0.29) is 10.3 Å². The molecule has 3 N–H and O–H groups in total. The molecule has 0 spiro atoms. The Kier molecular flexibility index (Phi) is 6.81. The Bertz CT molecular complexity index is 976. The molecule has 0 bridgehead atoms. The van der Waals surface area contributed by atoms with Gasteiger partial charge in [-0.3, -0.25) is 20.4 Å². The maximum Gasteiger partial charge on any atom is 0.269 e. The third-order valence-electron chi connectivity index (χ3n) is 4.37. The molecule has 0 aromatic heterocycles. The molecule has 1 atom stereocenters. The molecule has 0 saturated heterocycles. The third kappa shape index (κ3) is 6.13. The van der Waals surface area contributed by atoms with Crippen molar-refractivity contribution in [2.75, 3.05) is 0 Å². The number of carbonyl (C=O) groups excluding carboxylic acids is 2. The molecule has 8 heteroatoms. The summed E-state index contributed by atoms with van der Waals surface area (Å²) in [6.45, 7) is 9.40. The molecule has 0 aliphatic carbocycles. The number of hydrogen-bond acceptors (Lipinski definition) is 4. The van der Waals surface area contributed by atoms with Crippen LogP contribution in [-0.2, 0) is 20.2 Å². The molecule has 0 saturated carbocycles. The van der Waals surface area contributed by atoms with Crippen LogP contribution in [0.3, 0.4) is 0 Å². The van der Waals surface area contributed by atoms with Crippen LogP contribution >= 0.6 is 0 Å². The van der Waals surface area contributed by atoms with Gasteiger partial charge in [0.2, 0.25) is 10.0 Å². The van der Waals surface area contributed by atoms with Gasteiger partial charge in [-0.1, -0.05) is 50.6 Å². The van der Waals surface area contributed by atoms with Gasteiger partial charge in [-0.05, 0) is 49.1 Å². The van der Waals surface area contributed by atoms with Crippen molar-refractivity contribution in [2.24, 2.45) is 0 Å². The van der Waals surface area contributed by atoms with E-state index in [2.05, 4.69) is 15.6 Å². The standard InChI is InChI=1S/C21H27N3O4S/c1-14-6-8-16(9-7-14)20(26)23-22-19(25)15(2)24-29(27,28)18-12-10-17(11-13-18)21(3,4)5/h6-13,15,24H,1-5H3,(H,22,25)(H,23,26)/t15-/m0/s1. The fourth-order valence-electron chi connectivity index (χ4n) is 2.49. The molecule has 2 aromatic rings. The van der Waals surface area contributed by atoms with Gasteiger partial charge in [-0.15, -0.1) is 0 Å². The first-order valence-electron chi connectivity index (χ1n) is 9.20. The molecule has 0 aliphatic heterocycles. The van der Waals surface area contributed by atoms with Gasteiger partial charge in [0.1, 0.15) is 0 Å². The minimum Gasteiger partial charge on any atom is -0.271 e. The van der Waals surface area contributed by atoms with E-state index in [9.17, 15) is 18.0 Å². The van der Waals surface area contributed by atoms with Crippen LogP contribution in [0.4, 0.5) is 0 Å². The lowest BCUT2D eigenvalue weighted by Gasteiger charge is -2.19. The first-order chi connectivity index (χ1) is 13.4. The summed E-state index contributed by atoms with van der Waals surface area (Å²) >= 11 is 0. The first-order valence-corrected chi connectivity index (χ1v) is 10.7. The van der Waals surface area contributed by atoms with Crippen molar-refractivity contribution in [3.63, 3.8) is 0 Å². The van der Waals surface area contributed by atoms with Crippen LogP contribution < -0.4 is 15.6 Å². The van der Waals surface area contributed by atoms with Crippen LogP contribution in [-0.4, -0.2) is 26.3 Å². The maximum absolute atomic E-state index is 12.5. The maximum atomic E-state index is 12.5. The SMILES string of the molecule is Cc1ccc(C(=O)NNC(=O)[C@H](C)NS(=O)(=O)c2ccc(C(C)(C)C)cc2)cc1. The molecule has 2 aromatic carbocycles. The van der Waals surface area contributed by atoms with Crippen molar-refractivity contribution in [3.05, 3.63) is 65.2 Å². The Morgan fingerprint density at radius 3 is 1.97 bits per heavy atom. The molecule has 0 aliphatic rings. The fraction of sp³-hybridized carbons (Fsp3) is 0.333. The van der Waals surface area contributed by atoms with E-state index >= 15 is 0 Å². The third-order valence-corrected chi connectivity index (χ3v) is 5.93. The van der Waals surface area contributed by atoms with E-state index in [1.54, 1.807) is 36.4 Å². The van der Waals surface area contributed by atoms with E-state index < -0.39 is 27.9 Å². The summed E-state index contributed by atoms with van der Waals surface area (Å²) in [5, 5.41) is 0. The van der Waals surface area contributed by atoms with Crippen LogP contribution in [0, 0.1) is 6.92 Å². The van der Waals surface area contributed by atoms with Gasteiger partial charge in [-0.2, -0.15) is 4.72 Å². The molecule has 0 fully saturated rings. The highest BCUT2D eigenvalue weighted by Crippen LogP contribution is 2.23. The Labute approximate surface area is 171 Å². The van der Waals surface area contributed by atoms with E-state index in [0.29, 0.717) is 5.56 Å². The van der Waals surface area contributed by atoms with Crippen LogP contribution in [0.15, 0.2) is 53.4 Å². The summed E-state index contributed by atoms with van der Waals surface area (Å²) < 4.78 is 27.4. The zero-order chi connectivity index (χ0) is 21.8. The molecule has 7 nitrogen and oxygen atoms in total. The number of aryl methyl sites for hydroxylation is 1. The quantitative estimate of drug-likeness (QED) is 0.650. The largest absolute Gasteiger partial charge is 0.271 e. The summed E-state index contributed by atoms with van der Waals surface area (Å²) in [4.78, 5) is 24.3. The number of sulfonamides is 1. The highest BCUT2D eigenvalue weighted by molar-refractivity contribution is 7.89. The van der Waals surface area contributed by atoms with Gasteiger partial charge >= 0.3 is 0 Å². The van der Waals surface area contributed by atoms with Crippen LogP contribution in [0.25, 0.3) is 0 Å². The molecular weight excluding hydrogens is 390 g/mol. The van der Waals surface area contributed by atoms with Crippen molar-refractivity contribution in [2.45, 2.75) is 51.0 Å². The lowest BCUT2D eigenvalue weighted by atomic mass is 9.87. The van der Waals surface area contributed by atoms with E-state index in [1.807, 2.05) is 27.7 Å². The molecule has 0 heterocycles. The topological polar surface area (TPSA) is 104 Å². The number of nitrogens with one attached hydrogen (secondary N) is 3. The lowest BCUT2D eigenvalue weighted by Crippen LogP contribution is -2.51. The average Bonchev–Trinajstić information content (AvgIpc) is 2.65. The normalized spacial score (nSPS) is 12.9. The van der Waals surface area contributed by atoms with Crippen LogP contribution in [0.5, 0.6) is 0 Å². The second kappa shape index (κ2) is 8.75. The van der Waals surface area contributed by atoms with Crippen LogP contribution in [0.2, 0.25) is 0 Å². The van der Waals surface area contributed by atoms with E-state index in [1.165, 1.54) is 19.1 Å². The predicted octanol–water partition coefficient (Wildman–Crippen LogP) is 2.42. The molecule has 156 valence electrons. The van der Waals surface area contributed by atoms with E-state index in [4.69, 9.17) is 0 Å². The number of carbonyl (C=O) groups is 2. The predicted molar refractivity (Wildman–Crippen MR) is 112 cm³/mol. The number of amides is 2. The number of hydrazine groups is 1. The van der Waals surface area contributed by atoms with Crippen molar-refractivity contribution >= 4 is 21.8 Å². The van der Waals surface area contributed by atoms with Gasteiger partial charge in [0.15, 0.2) is 0 Å². The number of hydrogen-bond donors (Lipinski definition) is 3. The highest BCUT2D eigenvalue weighted by atomic mass is 32.2. The minimum atomic E-state index is -3.89. The van der Waals surface area contributed by atoms with Crippen LogP contribution in [0.1, 0.15) is 49.2 Å². The first kappa shape index (κ1) is 22.6.